The third kappa shape index (κ3) is 4.75. The molecule has 0 saturated carbocycles. The van der Waals surface area contributed by atoms with Crippen molar-refractivity contribution in [3.8, 4) is 50.8 Å². The van der Waals surface area contributed by atoms with Crippen LogP contribution >= 0.6 is 0 Å². The summed E-state index contributed by atoms with van der Waals surface area (Å²) < 4.78 is 2.23. The standard InChI is InChI=1S/C43H28N4/c1-3-12-33(13-4-1)42-45-40(37-28-27-31-11-7-8-16-36(31)41(37)46-42)32-23-19-29(20-24-32)30-21-25-34(26-22-30)43-44-38-17-9-10-18-39(38)47(43)35-14-5-2-6-15-35/h1-28H. The Morgan fingerprint density at radius 3 is 1.77 bits per heavy atom. The fraction of sp³-hybridized carbons (Fsp3) is 0. The average molecular weight is 601 g/mol. The number of imidazole rings is 1. The number of nitrogens with zero attached hydrogens (tertiary/aromatic N) is 4. The van der Waals surface area contributed by atoms with Crippen LogP contribution < -0.4 is 0 Å². The Morgan fingerprint density at radius 1 is 0.383 bits per heavy atom. The second kappa shape index (κ2) is 11.2. The van der Waals surface area contributed by atoms with E-state index in [9.17, 15) is 0 Å². The van der Waals surface area contributed by atoms with E-state index in [1.165, 1.54) is 5.39 Å². The van der Waals surface area contributed by atoms with E-state index in [0.717, 1.165) is 78.2 Å². The summed E-state index contributed by atoms with van der Waals surface area (Å²) in [5.74, 6) is 1.65. The maximum Gasteiger partial charge on any atom is 0.160 e. The monoisotopic (exact) mass is 600 g/mol. The summed E-state index contributed by atoms with van der Waals surface area (Å²) in [6.07, 6.45) is 0. The van der Waals surface area contributed by atoms with Gasteiger partial charge in [-0.25, -0.2) is 15.0 Å². The van der Waals surface area contributed by atoms with Gasteiger partial charge in [-0.3, -0.25) is 4.57 Å². The van der Waals surface area contributed by atoms with Crippen molar-refractivity contribution in [3.63, 3.8) is 0 Å². The minimum atomic E-state index is 0.727. The Labute approximate surface area is 272 Å². The van der Waals surface area contributed by atoms with Crippen molar-refractivity contribution in [2.24, 2.45) is 0 Å². The van der Waals surface area contributed by atoms with Crippen molar-refractivity contribution in [3.05, 3.63) is 170 Å². The molecule has 4 nitrogen and oxygen atoms in total. The molecule has 2 aromatic heterocycles. The molecule has 220 valence electrons. The molecule has 7 aromatic carbocycles. The first-order valence-electron chi connectivity index (χ1n) is 15.8. The van der Waals surface area contributed by atoms with E-state index < -0.39 is 0 Å². The van der Waals surface area contributed by atoms with E-state index in [4.69, 9.17) is 15.0 Å². The predicted molar refractivity (Wildman–Crippen MR) is 193 cm³/mol. The summed E-state index contributed by atoms with van der Waals surface area (Å²) in [7, 11) is 0. The molecule has 0 spiro atoms. The van der Waals surface area contributed by atoms with Crippen molar-refractivity contribution >= 4 is 32.7 Å². The highest BCUT2D eigenvalue weighted by atomic mass is 15.1. The van der Waals surface area contributed by atoms with Crippen molar-refractivity contribution in [2.45, 2.75) is 0 Å². The zero-order chi connectivity index (χ0) is 31.2. The summed E-state index contributed by atoms with van der Waals surface area (Å²) in [5.41, 5.74) is 10.5. The molecule has 0 saturated heterocycles. The van der Waals surface area contributed by atoms with Gasteiger partial charge in [0.1, 0.15) is 5.82 Å². The van der Waals surface area contributed by atoms with Gasteiger partial charge in [-0.15, -0.1) is 0 Å². The highest BCUT2D eigenvalue weighted by Crippen LogP contribution is 2.35. The van der Waals surface area contributed by atoms with E-state index in [1.54, 1.807) is 0 Å². The van der Waals surface area contributed by atoms with E-state index >= 15 is 0 Å². The van der Waals surface area contributed by atoms with E-state index in [-0.39, 0.29) is 0 Å². The number of para-hydroxylation sites is 3. The molecule has 47 heavy (non-hydrogen) atoms. The fourth-order valence-corrected chi connectivity index (χ4v) is 6.49. The van der Waals surface area contributed by atoms with Crippen LogP contribution in [0.2, 0.25) is 0 Å². The van der Waals surface area contributed by atoms with Crippen LogP contribution in [0.15, 0.2) is 170 Å². The molecule has 0 aliphatic heterocycles. The highest BCUT2D eigenvalue weighted by molar-refractivity contribution is 6.09. The lowest BCUT2D eigenvalue weighted by Crippen LogP contribution is -1.97. The Morgan fingerprint density at radius 2 is 1.00 bits per heavy atom. The Bertz CT molecular complexity index is 2530. The number of hydrogen-bond acceptors (Lipinski definition) is 3. The molecule has 2 heterocycles. The lowest BCUT2D eigenvalue weighted by Gasteiger charge is -2.12. The lowest BCUT2D eigenvalue weighted by molar-refractivity contribution is 1.10. The first-order chi connectivity index (χ1) is 23.3. The Kier molecular flexibility index (Phi) is 6.43. The van der Waals surface area contributed by atoms with Crippen LogP contribution in [-0.4, -0.2) is 19.5 Å². The second-order valence-electron chi connectivity index (χ2n) is 11.7. The van der Waals surface area contributed by atoms with Gasteiger partial charge in [0, 0.05) is 33.2 Å². The molecule has 0 atom stereocenters. The molecular formula is C43H28N4. The van der Waals surface area contributed by atoms with E-state index in [1.807, 2.05) is 30.3 Å². The number of fused-ring (bicyclic) bond motifs is 4. The zero-order valence-electron chi connectivity index (χ0n) is 25.5. The van der Waals surface area contributed by atoms with Crippen molar-refractivity contribution in [1.29, 1.82) is 0 Å². The quantitative estimate of drug-likeness (QED) is 0.185. The van der Waals surface area contributed by atoms with Crippen LogP contribution in [0, 0.1) is 0 Å². The second-order valence-corrected chi connectivity index (χ2v) is 11.7. The molecule has 0 aliphatic carbocycles. The zero-order valence-corrected chi connectivity index (χ0v) is 25.5. The van der Waals surface area contributed by atoms with Crippen LogP contribution in [0.4, 0.5) is 0 Å². The van der Waals surface area contributed by atoms with Gasteiger partial charge in [-0.05, 0) is 46.8 Å². The smallest absolute Gasteiger partial charge is 0.160 e. The van der Waals surface area contributed by atoms with Gasteiger partial charge in [0.25, 0.3) is 0 Å². The van der Waals surface area contributed by atoms with Gasteiger partial charge in [0.2, 0.25) is 0 Å². The minimum absolute atomic E-state index is 0.727. The maximum atomic E-state index is 5.13. The maximum absolute atomic E-state index is 5.13. The van der Waals surface area contributed by atoms with Crippen molar-refractivity contribution < 1.29 is 0 Å². The summed E-state index contributed by atoms with van der Waals surface area (Å²) in [6.45, 7) is 0. The summed E-state index contributed by atoms with van der Waals surface area (Å²) in [6, 6.07) is 59.1. The average Bonchev–Trinajstić information content (AvgIpc) is 3.55. The lowest BCUT2D eigenvalue weighted by atomic mass is 9.98. The van der Waals surface area contributed by atoms with Gasteiger partial charge in [-0.1, -0.05) is 140 Å². The van der Waals surface area contributed by atoms with Crippen LogP contribution in [0.25, 0.3) is 83.6 Å². The first kappa shape index (κ1) is 27.0. The molecule has 4 heteroatoms. The summed E-state index contributed by atoms with van der Waals surface area (Å²) in [4.78, 5) is 15.2. The molecule has 9 aromatic rings. The van der Waals surface area contributed by atoms with Gasteiger partial charge in [-0.2, -0.15) is 0 Å². The minimum Gasteiger partial charge on any atom is -0.292 e. The van der Waals surface area contributed by atoms with E-state index in [0.29, 0.717) is 0 Å². The van der Waals surface area contributed by atoms with Gasteiger partial charge in [0.05, 0.1) is 22.2 Å². The molecule has 9 rings (SSSR count). The molecule has 0 bridgehead atoms. The molecule has 0 radical (unpaired) electrons. The number of aromatic nitrogens is 4. The molecule has 0 aliphatic rings. The number of hydrogen-bond donors (Lipinski definition) is 0. The van der Waals surface area contributed by atoms with Crippen LogP contribution in [0.1, 0.15) is 0 Å². The van der Waals surface area contributed by atoms with Gasteiger partial charge in [0.15, 0.2) is 5.82 Å². The Hall–Kier alpha value is -6.39. The third-order valence-corrected chi connectivity index (χ3v) is 8.83. The Balaban J connectivity index is 1.10. The first-order valence-corrected chi connectivity index (χ1v) is 15.8. The molecule has 0 unspecified atom stereocenters. The molecule has 0 fully saturated rings. The number of rotatable bonds is 5. The fourth-order valence-electron chi connectivity index (χ4n) is 6.49. The van der Waals surface area contributed by atoms with Crippen molar-refractivity contribution in [2.75, 3.05) is 0 Å². The summed E-state index contributed by atoms with van der Waals surface area (Å²) >= 11 is 0. The normalized spacial score (nSPS) is 11.4. The predicted octanol–water partition coefficient (Wildman–Crippen LogP) is 10.8. The van der Waals surface area contributed by atoms with Crippen molar-refractivity contribution in [1.82, 2.24) is 19.5 Å². The summed E-state index contributed by atoms with van der Waals surface area (Å²) in [5, 5.41) is 3.34. The topological polar surface area (TPSA) is 43.6 Å². The van der Waals surface area contributed by atoms with Gasteiger partial charge >= 0.3 is 0 Å². The molecule has 0 amide bonds. The highest BCUT2D eigenvalue weighted by Gasteiger charge is 2.16. The largest absolute Gasteiger partial charge is 0.292 e. The van der Waals surface area contributed by atoms with Crippen LogP contribution in [0.3, 0.4) is 0 Å². The van der Waals surface area contributed by atoms with Crippen LogP contribution in [-0.2, 0) is 0 Å². The molecule has 0 N–H and O–H groups in total. The third-order valence-electron chi connectivity index (χ3n) is 8.83. The molecular weight excluding hydrogens is 573 g/mol. The van der Waals surface area contributed by atoms with E-state index in [2.05, 4.69) is 144 Å². The SMILES string of the molecule is c1ccc(-c2nc(-c3ccc(-c4ccc(-c5nc6ccccc6n5-c5ccccc5)cc4)cc3)c3ccc4ccccc4c3n2)cc1. The number of benzene rings is 7. The van der Waals surface area contributed by atoms with Gasteiger partial charge < -0.3 is 0 Å². The van der Waals surface area contributed by atoms with Crippen LogP contribution in [0.5, 0.6) is 0 Å².